The van der Waals surface area contributed by atoms with E-state index in [9.17, 15) is 14.7 Å². The van der Waals surface area contributed by atoms with E-state index in [1.54, 1.807) is 0 Å². The van der Waals surface area contributed by atoms with Gasteiger partial charge in [0.1, 0.15) is 5.56 Å². The highest BCUT2D eigenvalue weighted by Gasteiger charge is 2.16. The minimum Gasteiger partial charge on any atom is -0.494 e. The molecule has 20 heavy (non-hydrogen) atoms. The van der Waals surface area contributed by atoms with Crippen LogP contribution in [0.15, 0.2) is 19.8 Å². The molecule has 1 aromatic rings. The molecule has 6 N–H and O–H groups in total. The van der Waals surface area contributed by atoms with Crippen LogP contribution in [0.3, 0.4) is 0 Å². The topological polar surface area (TPSA) is 152 Å². The number of aromatic nitrogens is 2. The van der Waals surface area contributed by atoms with Gasteiger partial charge in [0, 0.05) is 6.54 Å². The average molecular weight is 282 g/mol. The molecule has 110 valence electrons. The zero-order valence-electron chi connectivity index (χ0n) is 11.4. The Morgan fingerprint density at radius 1 is 1.35 bits per heavy atom. The number of guanidine groups is 1. The van der Waals surface area contributed by atoms with Crippen LogP contribution in [0.2, 0.25) is 0 Å². The number of unbranched alkanes of at least 4 members (excludes halogenated alkanes) is 1. The van der Waals surface area contributed by atoms with Crippen LogP contribution in [0.1, 0.15) is 32.3 Å². The Bertz CT molecular complexity index is 651. The summed E-state index contributed by atoms with van der Waals surface area (Å²) in [6, 6.07) is 0. The van der Waals surface area contributed by atoms with Crippen molar-refractivity contribution in [1.82, 2.24) is 9.55 Å². The van der Waals surface area contributed by atoms with Crippen LogP contribution in [-0.2, 0) is 6.54 Å². The number of hydrogen-bond acceptors (Lipinski definition) is 5. The summed E-state index contributed by atoms with van der Waals surface area (Å²) < 4.78 is 1.08. The van der Waals surface area contributed by atoms with E-state index in [4.69, 9.17) is 11.5 Å². The SMILES string of the molecule is CCCCn1c(O)c(C(C)=NN=C(N)N)c(=O)[nH]c1=O. The fourth-order valence-corrected chi connectivity index (χ4v) is 1.59. The molecule has 0 fully saturated rings. The zero-order chi connectivity index (χ0) is 15.3. The van der Waals surface area contributed by atoms with Crippen LogP contribution in [0.25, 0.3) is 0 Å². The molecule has 1 aromatic heterocycles. The van der Waals surface area contributed by atoms with Crippen molar-refractivity contribution in [2.75, 3.05) is 0 Å². The highest BCUT2D eigenvalue weighted by molar-refractivity contribution is 6.00. The van der Waals surface area contributed by atoms with Crippen LogP contribution >= 0.6 is 0 Å². The Balaban J connectivity index is 3.40. The lowest BCUT2D eigenvalue weighted by Gasteiger charge is -2.10. The molecule has 9 nitrogen and oxygen atoms in total. The van der Waals surface area contributed by atoms with Gasteiger partial charge in [0.2, 0.25) is 11.8 Å². The quantitative estimate of drug-likeness (QED) is 0.311. The molecule has 9 heteroatoms. The van der Waals surface area contributed by atoms with Gasteiger partial charge in [-0.1, -0.05) is 13.3 Å². The lowest BCUT2D eigenvalue weighted by atomic mass is 10.2. The van der Waals surface area contributed by atoms with Crippen molar-refractivity contribution >= 4 is 11.7 Å². The summed E-state index contributed by atoms with van der Waals surface area (Å²) in [4.78, 5) is 25.5. The van der Waals surface area contributed by atoms with E-state index in [1.165, 1.54) is 6.92 Å². The maximum absolute atomic E-state index is 11.8. The standard InChI is InChI=1S/C11H18N6O3/c1-3-4-5-17-9(19)7(8(18)14-11(17)20)6(2)15-16-10(12)13/h19H,3-5H2,1-2H3,(H4,12,13,16)(H,14,18,20). The molecular formula is C11H18N6O3. The summed E-state index contributed by atoms with van der Waals surface area (Å²) >= 11 is 0. The van der Waals surface area contributed by atoms with Crippen LogP contribution < -0.4 is 22.7 Å². The second kappa shape index (κ2) is 6.55. The third-order valence-electron chi connectivity index (χ3n) is 2.58. The fraction of sp³-hybridized carbons (Fsp3) is 0.455. The zero-order valence-corrected chi connectivity index (χ0v) is 11.4. The molecule has 0 unspecified atom stereocenters. The summed E-state index contributed by atoms with van der Waals surface area (Å²) in [6.45, 7) is 3.69. The molecule has 0 saturated carbocycles. The molecule has 0 amide bonds. The van der Waals surface area contributed by atoms with Crippen molar-refractivity contribution in [3.63, 3.8) is 0 Å². The van der Waals surface area contributed by atoms with Gasteiger partial charge in [0.05, 0.1) is 5.71 Å². The Morgan fingerprint density at radius 2 is 2.00 bits per heavy atom. The van der Waals surface area contributed by atoms with E-state index in [-0.39, 0.29) is 17.2 Å². The molecule has 0 saturated heterocycles. The molecule has 0 bridgehead atoms. The largest absolute Gasteiger partial charge is 0.494 e. The number of hydrogen-bond donors (Lipinski definition) is 4. The Hall–Kier alpha value is -2.58. The van der Waals surface area contributed by atoms with Crippen molar-refractivity contribution in [2.24, 2.45) is 21.7 Å². The summed E-state index contributed by atoms with van der Waals surface area (Å²) in [7, 11) is 0. The first-order valence-electron chi connectivity index (χ1n) is 6.08. The smallest absolute Gasteiger partial charge is 0.331 e. The molecule has 0 atom stereocenters. The van der Waals surface area contributed by atoms with E-state index < -0.39 is 17.1 Å². The normalized spacial score (nSPS) is 11.4. The van der Waals surface area contributed by atoms with Crippen molar-refractivity contribution in [1.29, 1.82) is 0 Å². The molecule has 0 aromatic carbocycles. The summed E-state index contributed by atoms with van der Waals surface area (Å²) in [6.07, 6.45) is 1.52. The van der Waals surface area contributed by atoms with Gasteiger partial charge in [-0.05, 0) is 13.3 Å². The van der Waals surface area contributed by atoms with Crippen molar-refractivity contribution in [3.05, 3.63) is 26.4 Å². The number of rotatable bonds is 5. The van der Waals surface area contributed by atoms with Crippen LogP contribution in [-0.4, -0.2) is 26.3 Å². The van der Waals surface area contributed by atoms with Gasteiger partial charge in [-0.15, -0.1) is 5.10 Å². The van der Waals surface area contributed by atoms with Gasteiger partial charge >= 0.3 is 5.69 Å². The van der Waals surface area contributed by atoms with Crippen molar-refractivity contribution in [3.8, 4) is 5.88 Å². The second-order valence-corrected chi connectivity index (χ2v) is 4.17. The predicted octanol–water partition coefficient (Wildman–Crippen LogP) is -0.960. The Kier molecular flexibility index (Phi) is 5.07. The number of nitrogens with two attached hydrogens (primary N) is 2. The summed E-state index contributed by atoms with van der Waals surface area (Å²) in [5.74, 6) is -0.723. The lowest BCUT2D eigenvalue weighted by molar-refractivity contribution is 0.394. The number of aromatic hydroxyl groups is 1. The number of H-pyrrole nitrogens is 1. The summed E-state index contributed by atoms with van der Waals surface area (Å²) in [5.41, 5.74) is 8.82. The predicted molar refractivity (Wildman–Crippen MR) is 75.9 cm³/mol. The van der Waals surface area contributed by atoms with Gasteiger partial charge in [0.25, 0.3) is 5.56 Å². The molecule has 0 spiro atoms. The number of nitrogens with one attached hydrogen (secondary N) is 1. The van der Waals surface area contributed by atoms with Gasteiger partial charge in [-0.2, -0.15) is 5.10 Å². The van der Waals surface area contributed by atoms with Gasteiger partial charge in [0.15, 0.2) is 0 Å². The van der Waals surface area contributed by atoms with E-state index in [0.29, 0.717) is 13.0 Å². The Labute approximate surface area is 114 Å². The molecule has 1 heterocycles. The Morgan fingerprint density at radius 3 is 2.55 bits per heavy atom. The molecule has 0 radical (unpaired) electrons. The van der Waals surface area contributed by atoms with Crippen LogP contribution in [0.5, 0.6) is 5.88 Å². The minimum atomic E-state index is -0.743. The van der Waals surface area contributed by atoms with Crippen molar-refractivity contribution < 1.29 is 5.11 Å². The molecule has 0 aliphatic rings. The monoisotopic (exact) mass is 282 g/mol. The van der Waals surface area contributed by atoms with Crippen LogP contribution in [0.4, 0.5) is 0 Å². The molecular weight excluding hydrogens is 264 g/mol. The average Bonchev–Trinajstić information content (AvgIpc) is 2.35. The third kappa shape index (κ3) is 3.46. The first-order valence-corrected chi connectivity index (χ1v) is 6.08. The van der Waals surface area contributed by atoms with E-state index in [1.807, 2.05) is 6.92 Å². The molecule has 0 aliphatic heterocycles. The highest BCUT2D eigenvalue weighted by atomic mass is 16.3. The number of aromatic amines is 1. The third-order valence-corrected chi connectivity index (χ3v) is 2.58. The maximum atomic E-state index is 11.8. The molecule has 0 aliphatic carbocycles. The van der Waals surface area contributed by atoms with E-state index >= 15 is 0 Å². The highest BCUT2D eigenvalue weighted by Crippen LogP contribution is 2.12. The lowest BCUT2D eigenvalue weighted by Crippen LogP contribution is -2.33. The van der Waals surface area contributed by atoms with E-state index in [0.717, 1.165) is 11.0 Å². The van der Waals surface area contributed by atoms with Crippen molar-refractivity contribution in [2.45, 2.75) is 33.2 Å². The second-order valence-electron chi connectivity index (χ2n) is 4.17. The van der Waals surface area contributed by atoms with Gasteiger partial charge < -0.3 is 16.6 Å². The van der Waals surface area contributed by atoms with Gasteiger partial charge in [-0.25, -0.2) is 4.79 Å². The van der Waals surface area contributed by atoms with Crippen LogP contribution in [0, 0.1) is 0 Å². The maximum Gasteiger partial charge on any atom is 0.331 e. The number of nitrogens with zero attached hydrogens (tertiary/aromatic N) is 3. The summed E-state index contributed by atoms with van der Waals surface area (Å²) in [5, 5.41) is 17.1. The van der Waals surface area contributed by atoms with Gasteiger partial charge in [-0.3, -0.25) is 14.3 Å². The minimum absolute atomic E-state index is 0.0994. The van der Waals surface area contributed by atoms with E-state index in [2.05, 4.69) is 15.2 Å². The first-order chi connectivity index (χ1) is 9.38. The first kappa shape index (κ1) is 15.5. The molecule has 1 rings (SSSR count). The fourth-order valence-electron chi connectivity index (χ4n) is 1.59.